The zero-order valence-corrected chi connectivity index (χ0v) is 15.2. The largest absolute Gasteiger partial charge is 0.468 e. The molecule has 1 N–H and O–H groups in total. The Morgan fingerprint density at radius 2 is 2.12 bits per heavy atom. The van der Waals surface area contributed by atoms with Gasteiger partial charge in [-0.05, 0) is 46.1 Å². The maximum atomic E-state index is 12.7. The third-order valence-corrected chi connectivity index (χ3v) is 4.38. The summed E-state index contributed by atoms with van der Waals surface area (Å²) in [7, 11) is 5.76. The molecule has 0 aliphatic carbocycles. The molecule has 3 rings (SSSR count). The van der Waals surface area contributed by atoms with E-state index in [9.17, 15) is 4.79 Å². The van der Waals surface area contributed by atoms with Gasteiger partial charge < -0.3 is 9.73 Å². The highest BCUT2D eigenvalue weighted by molar-refractivity contribution is 5.98. The van der Waals surface area contributed by atoms with E-state index in [4.69, 9.17) is 4.42 Å². The summed E-state index contributed by atoms with van der Waals surface area (Å²) in [6.07, 6.45) is 1.64. The summed E-state index contributed by atoms with van der Waals surface area (Å²) in [5.41, 5.74) is 2.90. The van der Waals surface area contributed by atoms with Crippen molar-refractivity contribution in [3.8, 4) is 0 Å². The second-order valence-electron chi connectivity index (χ2n) is 6.41. The molecule has 3 aromatic heterocycles. The molecule has 7 nitrogen and oxygen atoms in total. The van der Waals surface area contributed by atoms with Crippen molar-refractivity contribution in [2.24, 2.45) is 7.05 Å². The van der Waals surface area contributed by atoms with Crippen LogP contribution in [0.1, 0.15) is 33.5 Å². The molecule has 132 valence electrons. The van der Waals surface area contributed by atoms with Crippen molar-refractivity contribution in [1.82, 2.24) is 25.0 Å². The smallest absolute Gasteiger partial charge is 0.253 e. The van der Waals surface area contributed by atoms with E-state index in [1.165, 1.54) is 0 Å². The molecule has 1 atom stereocenters. The molecule has 1 unspecified atom stereocenters. The molecular formula is C18H23N5O2. The van der Waals surface area contributed by atoms with Crippen LogP contribution in [0.25, 0.3) is 11.0 Å². The van der Waals surface area contributed by atoms with Crippen molar-refractivity contribution in [2.45, 2.75) is 19.9 Å². The fraction of sp³-hybridized carbons (Fsp3) is 0.389. The first-order valence-corrected chi connectivity index (χ1v) is 8.17. The van der Waals surface area contributed by atoms with Gasteiger partial charge in [0.2, 0.25) is 0 Å². The Morgan fingerprint density at radius 1 is 1.36 bits per heavy atom. The Kier molecular flexibility index (Phi) is 4.59. The number of nitrogens with zero attached hydrogens (tertiary/aromatic N) is 4. The summed E-state index contributed by atoms with van der Waals surface area (Å²) in [6, 6.07) is 5.60. The second-order valence-corrected chi connectivity index (χ2v) is 6.41. The van der Waals surface area contributed by atoms with Crippen LogP contribution < -0.4 is 5.32 Å². The minimum atomic E-state index is -0.145. The maximum Gasteiger partial charge on any atom is 0.253 e. The van der Waals surface area contributed by atoms with Gasteiger partial charge in [0.1, 0.15) is 5.76 Å². The third kappa shape index (κ3) is 3.28. The molecule has 1 amide bonds. The number of carbonyl (C=O) groups is 1. The molecular weight excluding hydrogens is 318 g/mol. The van der Waals surface area contributed by atoms with Gasteiger partial charge in [0.15, 0.2) is 5.65 Å². The molecule has 7 heteroatoms. The highest BCUT2D eigenvalue weighted by Gasteiger charge is 2.20. The monoisotopic (exact) mass is 341 g/mol. The van der Waals surface area contributed by atoms with E-state index in [0.29, 0.717) is 17.8 Å². The SMILES string of the molecule is Cc1nc2c(cc1C(=O)NCC(c1ccco1)N(C)C)c(C)nn2C. The molecule has 0 saturated carbocycles. The Hall–Kier alpha value is -2.67. The first kappa shape index (κ1) is 17.2. The molecule has 0 aromatic carbocycles. The van der Waals surface area contributed by atoms with E-state index in [-0.39, 0.29) is 11.9 Å². The quantitative estimate of drug-likeness (QED) is 0.770. The predicted octanol–water partition coefficient (Wildman–Crippen LogP) is 2.21. The number of aromatic nitrogens is 3. The lowest BCUT2D eigenvalue weighted by molar-refractivity contribution is 0.0938. The molecule has 3 aromatic rings. The predicted molar refractivity (Wildman–Crippen MR) is 95.5 cm³/mol. The summed E-state index contributed by atoms with van der Waals surface area (Å²) in [5.74, 6) is 0.673. The summed E-state index contributed by atoms with van der Waals surface area (Å²) in [6.45, 7) is 4.20. The van der Waals surface area contributed by atoms with Gasteiger partial charge in [-0.25, -0.2) is 4.98 Å². The van der Waals surface area contributed by atoms with E-state index in [2.05, 4.69) is 15.4 Å². The molecule has 0 saturated heterocycles. The van der Waals surface area contributed by atoms with Crippen LogP contribution in [0.4, 0.5) is 0 Å². The summed E-state index contributed by atoms with van der Waals surface area (Å²) in [5, 5.41) is 8.26. The Morgan fingerprint density at radius 3 is 2.76 bits per heavy atom. The Balaban J connectivity index is 1.82. The third-order valence-electron chi connectivity index (χ3n) is 4.38. The summed E-state index contributed by atoms with van der Waals surface area (Å²) in [4.78, 5) is 19.2. The van der Waals surface area contributed by atoms with Crippen LogP contribution in [0.5, 0.6) is 0 Å². The van der Waals surface area contributed by atoms with E-state index in [1.807, 2.05) is 58.1 Å². The minimum Gasteiger partial charge on any atom is -0.468 e. The van der Waals surface area contributed by atoms with Crippen LogP contribution in [0.15, 0.2) is 28.9 Å². The van der Waals surface area contributed by atoms with Crippen LogP contribution >= 0.6 is 0 Å². The van der Waals surface area contributed by atoms with Gasteiger partial charge in [-0.2, -0.15) is 5.10 Å². The van der Waals surface area contributed by atoms with Crippen molar-refractivity contribution < 1.29 is 9.21 Å². The number of amides is 1. The standard InChI is InChI=1S/C18H23N5O2/c1-11-14(9-13-12(2)21-23(5)17(13)20-11)18(24)19-10-15(22(3)4)16-7-6-8-25-16/h6-9,15H,10H2,1-5H3,(H,19,24). The first-order chi connectivity index (χ1) is 11.9. The number of pyridine rings is 1. The number of furan rings is 1. The second kappa shape index (κ2) is 6.68. The van der Waals surface area contributed by atoms with Gasteiger partial charge in [-0.15, -0.1) is 0 Å². The zero-order chi connectivity index (χ0) is 18.1. The van der Waals surface area contributed by atoms with E-state index in [0.717, 1.165) is 22.5 Å². The highest BCUT2D eigenvalue weighted by Crippen LogP contribution is 2.20. The van der Waals surface area contributed by atoms with Gasteiger partial charge in [0.25, 0.3) is 5.91 Å². The normalized spacial score (nSPS) is 12.7. The number of likely N-dealkylation sites (N-methyl/N-ethyl adjacent to an activating group) is 1. The molecule has 0 bridgehead atoms. The number of carbonyl (C=O) groups excluding carboxylic acids is 1. The lowest BCUT2D eigenvalue weighted by Gasteiger charge is -2.22. The molecule has 0 aliphatic heterocycles. The maximum absolute atomic E-state index is 12.7. The van der Waals surface area contributed by atoms with E-state index < -0.39 is 0 Å². The van der Waals surface area contributed by atoms with E-state index >= 15 is 0 Å². The highest BCUT2D eigenvalue weighted by atomic mass is 16.3. The lowest BCUT2D eigenvalue weighted by Crippen LogP contribution is -2.34. The Bertz CT molecular complexity index is 896. The molecule has 0 spiro atoms. The molecule has 25 heavy (non-hydrogen) atoms. The van der Waals surface area contributed by atoms with Crippen LogP contribution in [-0.4, -0.2) is 46.2 Å². The summed E-state index contributed by atoms with van der Waals surface area (Å²) >= 11 is 0. The van der Waals surface area contributed by atoms with Gasteiger partial charge in [0.05, 0.1) is 29.3 Å². The van der Waals surface area contributed by atoms with Gasteiger partial charge in [-0.3, -0.25) is 14.4 Å². The molecule has 0 fully saturated rings. The zero-order valence-electron chi connectivity index (χ0n) is 15.2. The van der Waals surface area contributed by atoms with Crippen molar-refractivity contribution in [2.75, 3.05) is 20.6 Å². The van der Waals surface area contributed by atoms with Crippen LogP contribution in [-0.2, 0) is 7.05 Å². The van der Waals surface area contributed by atoms with E-state index in [1.54, 1.807) is 10.9 Å². The first-order valence-electron chi connectivity index (χ1n) is 8.17. The number of aryl methyl sites for hydroxylation is 3. The van der Waals surface area contributed by atoms with Gasteiger partial charge in [-0.1, -0.05) is 0 Å². The number of rotatable bonds is 5. The fourth-order valence-electron chi connectivity index (χ4n) is 2.96. The average molecular weight is 341 g/mol. The fourth-order valence-corrected chi connectivity index (χ4v) is 2.96. The van der Waals surface area contributed by atoms with Crippen molar-refractivity contribution >= 4 is 16.9 Å². The number of nitrogens with one attached hydrogen (secondary N) is 1. The van der Waals surface area contributed by atoms with Crippen molar-refractivity contribution in [3.05, 3.63) is 47.2 Å². The van der Waals surface area contributed by atoms with Crippen LogP contribution in [0, 0.1) is 13.8 Å². The topological polar surface area (TPSA) is 76.2 Å². The number of fused-ring (bicyclic) bond motifs is 1. The van der Waals surface area contributed by atoms with Crippen LogP contribution in [0.3, 0.4) is 0 Å². The summed E-state index contributed by atoms with van der Waals surface area (Å²) < 4.78 is 7.21. The van der Waals surface area contributed by atoms with Crippen molar-refractivity contribution in [1.29, 1.82) is 0 Å². The molecule has 0 aliphatic rings. The minimum absolute atomic E-state index is 0.0314. The molecule has 0 radical (unpaired) electrons. The van der Waals surface area contributed by atoms with Gasteiger partial charge >= 0.3 is 0 Å². The van der Waals surface area contributed by atoms with Crippen molar-refractivity contribution in [3.63, 3.8) is 0 Å². The number of hydrogen-bond acceptors (Lipinski definition) is 5. The average Bonchev–Trinajstić information content (AvgIpc) is 3.16. The Labute approximate surface area is 146 Å². The lowest BCUT2D eigenvalue weighted by atomic mass is 10.1. The van der Waals surface area contributed by atoms with Gasteiger partial charge in [0, 0.05) is 19.0 Å². The molecule has 3 heterocycles. The van der Waals surface area contributed by atoms with Crippen LogP contribution in [0.2, 0.25) is 0 Å². The number of hydrogen-bond donors (Lipinski definition) is 1.